The van der Waals surface area contributed by atoms with Crippen molar-refractivity contribution in [3.05, 3.63) is 63.1 Å². The number of halogens is 1. The zero-order chi connectivity index (χ0) is 17.7. The van der Waals surface area contributed by atoms with E-state index in [1.54, 1.807) is 12.1 Å². The molecule has 126 valence electrons. The highest BCUT2D eigenvalue weighted by Crippen LogP contribution is 2.19. The number of carbonyl (C=O) groups excluding carboxylic acids is 2. The van der Waals surface area contributed by atoms with Crippen molar-refractivity contribution in [2.75, 3.05) is 6.61 Å². The summed E-state index contributed by atoms with van der Waals surface area (Å²) in [5.41, 5.74) is 8.18. The molecule has 6 heteroatoms. The molecule has 0 radical (unpaired) electrons. The number of rotatable bonds is 4. The molecular formula is C18H19BrN2O3. The number of nitrogens with one attached hydrogen (secondary N) is 2. The molecule has 5 nitrogen and oxygen atoms in total. The molecule has 0 spiro atoms. The zero-order valence-electron chi connectivity index (χ0n) is 13.8. The summed E-state index contributed by atoms with van der Waals surface area (Å²) in [7, 11) is 0. The fourth-order valence-electron chi connectivity index (χ4n) is 1.97. The van der Waals surface area contributed by atoms with Gasteiger partial charge in [0.2, 0.25) is 0 Å². The van der Waals surface area contributed by atoms with Crippen LogP contribution in [-0.4, -0.2) is 18.4 Å². The molecule has 0 fully saturated rings. The Morgan fingerprint density at radius 1 is 1.00 bits per heavy atom. The Balaban J connectivity index is 1.85. The van der Waals surface area contributed by atoms with Crippen molar-refractivity contribution in [3.8, 4) is 5.75 Å². The summed E-state index contributed by atoms with van der Waals surface area (Å²) in [5, 5.41) is 0. The second-order valence-electron chi connectivity index (χ2n) is 5.52. The first kappa shape index (κ1) is 18.0. The van der Waals surface area contributed by atoms with E-state index >= 15 is 0 Å². The number of aryl methyl sites for hydroxylation is 3. The lowest BCUT2D eigenvalue weighted by molar-refractivity contribution is -0.123. The van der Waals surface area contributed by atoms with Crippen molar-refractivity contribution in [3.63, 3.8) is 0 Å². The van der Waals surface area contributed by atoms with Gasteiger partial charge in [0.15, 0.2) is 6.61 Å². The van der Waals surface area contributed by atoms with E-state index in [-0.39, 0.29) is 6.61 Å². The van der Waals surface area contributed by atoms with Gasteiger partial charge in [-0.2, -0.15) is 0 Å². The van der Waals surface area contributed by atoms with Crippen molar-refractivity contribution < 1.29 is 14.3 Å². The van der Waals surface area contributed by atoms with Gasteiger partial charge in [0, 0.05) is 10.0 Å². The Morgan fingerprint density at radius 3 is 2.42 bits per heavy atom. The normalized spacial score (nSPS) is 10.2. The van der Waals surface area contributed by atoms with Gasteiger partial charge in [0.1, 0.15) is 5.75 Å². The minimum Gasteiger partial charge on any atom is -0.483 e. The van der Waals surface area contributed by atoms with Gasteiger partial charge < -0.3 is 4.74 Å². The molecule has 2 aromatic carbocycles. The van der Waals surface area contributed by atoms with Gasteiger partial charge in [-0.25, -0.2) is 0 Å². The average Bonchev–Trinajstić information content (AvgIpc) is 2.56. The summed E-state index contributed by atoms with van der Waals surface area (Å²) >= 11 is 3.37. The fourth-order valence-corrected chi connectivity index (χ4v) is 2.35. The van der Waals surface area contributed by atoms with Crippen LogP contribution < -0.4 is 15.6 Å². The summed E-state index contributed by atoms with van der Waals surface area (Å²) in [6.45, 7) is 5.61. The predicted octanol–water partition coefficient (Wildman–Crippen LogP) is 3.21. The maximum atomic E-state index is 12.0. The van der Waals surface area contributed by atoms with E-state index in [9.17, 15) is 9.59 Å². The van der Waals surface area contributed by atoms with E-state index in [2.05, 4.69) is 26.8 Å². The van der Waals surface area contributed by atoms with E-state index in [0.717, 1.165) is 21.2 Å². The first-order valence-electron chi connectivity index (χ1n) is 7.42. The Morgan fingerprint density at radius 2 is 1.71 bits per heavy atom. The molecule has 0 saturated heterocycles. The molecule has 0 unspecified atom stereocenters. The monoisotopic (exact) mass is 390 g/mol. The average molecular weight is 391 g/mol. The first-order valence-corrected chi connectivity index (χ1v) is 8.21. The second kappa shape index (κ2) is 7.97. The van der Waals surface area contributed by atoms with Crippen molar-refractivity contribution in [2.24, 2.45) is 0 Å². The highest BCUT2D eigenvalue weighted by Gasteiger charge is 2.10. The van der Waals surface area contributed by atoms with Gasteiger partial charge in [-0.15, -0.1) is 0 Å². The van der Waals surface area contributed by atoms with E-state index in [4.69, 9.17) is 4.74 Å². The molecule has 2 N–H and O–H groups in total. The standard InChI is InChI=1S/C18H19BrN2O3/c1-11-4-5-13(3)16(8-11)24-10-17(22)20-21-18(23)14-7-6-12(2)15(19)9-14/h4-9H,10H2,1-3H3,(H,20,22)(H,21,23). The Labute approximate surface area is 149 Å². The number of hydrogen-bond donors (Lipinski definition) is 2. The number of benzene rings is 2. The highest BCUT2D eigenvalue weighted by molar-refractivity contribution is 9.10. The molecule has 2 amide bonds. The predicted molar refractivity (Wildman–Crippen MR) is 95.9 cm³/mol. The fraction of sp³-hybridized carbons (Fsp3) is 0.222. The smallest absolute Gasteiger partial charge is 0.276 e. The maximum Gasteiger partial charge on any atom is 0.276 e. The van der Waals surface area contributed by atoms with E-state index in [1.165, 1.54) is 0 Å². The third-order valence-electron chi connectivity index (χ3n) is 3.45. The largest absolute Gasteiger partial charge is 0.483 e. The number of amides is 2. The molecule has 0 aliphatic rings. The van der Waals surface area contributed by atoms with Crippen LogP contribution in [0, 0.1) is 20.8 Å². The topological polar surface area (TPSA) is 67.4 Å². The molecule has 2 rings (SSSR count). The van der Waals surface area contributed by atoms with Gasteiger partial charge in [-0.3, -0.25) is 20.4 Å². The summed E-state index contributed by atoms with van der Waals surface area (Å²) < 4.78 is 6.31. The van der Waals surface area contributed by atoms with E-state index < -0.39 is 11.8 Å². The number of ether oxygens (including phenoxy) is 1. The first-order chi connectivity index (χ1) is 11.4. The van der Waals surface area contributed by atoms with Gasteiger partial charge in [0.25, 0.3) is 11.8 Å². The lowest BCUT2D eigenvalue weighted by Gasteiger charge is -2.11. The number of carbonyl (C=O) groups is 2. The molecule has 0 atom stereocenters. The van der Waals surface area contributed by atoms with Crippen LogP contribution in [0.4, 0.5) is 0 Å². The molecule has 2 aromatic rings. The van der Waals surface area contributed by atoms with Gasteiger partial charge >= 0.3 is 0 Å². The lowest BCUT2D eigenvalue weighted by atomic mass is 10.1. The van der Waals surface area contributed by atoms with Crippen LogP contribution in [0.5, 0.6) is 5.75 Å². The molecular weight excluding hydrogens is 372 g/mol. The molecule has 0 aromatic heterocycles. The van der Waals surface area contributed by atoms with Crippen molar-refractivity contribution in [2.45, 2.75) is 20.8 Å². The molecule has 0 heterocycles. The Kier molecular flexibility index (Phi) is 5.98. The van der Waals surface area contributed by atoms with Gasteiger partial charge in [-0.05, 0) is 55.7 Å². The quantitative estimate of drug-likeness (QED) is 0.787. The van der Waals surface area contributed by atoms with Crippen LogP contribution in [0.2, 0.25) is 0 Å². The molecule has 0 aliphatic heterocycles. The SMILES string of the molecule is Cc1ccc(C)c(OCC(=O)NNC(=O)c2ccc(C)c(Br)c2)c1. The van der Waals surface area contributed by atoms with Gasteiger partial charge in [-0.1, -0.05) is 34.1 Å². The van der Waals surface area contributed by atoms with Crippen molar-refractivity contribution in [1.82, 2.24) is 10.9 Å². The van der Waals surface area contributed by atoms with Crippen LogP contribution in [0.25, 0.3) is 0 Å². The van der Waals surface area contributed by atoms with Crippen LogP contribution in [0.15, 0.2) is 40.9 Å². The van der Waals surface area contributed by atoms with E-state index in [1.807, 2.05) is 45.0 Å². The number of hydrogen-bond acceptors (Lipinski definition) is 3. The third-order valence-corrected chi connectivity index (χ3v) is 4.31. The third kappa shape index (κ3) is 4.83. The Hall–Kier alpha value is -2.34. The van der Waals surface area contributed by atoms with Gasteiger partial charge in [0.05, 0.1) is 0 Å². The molecule has 0 aliphatic carbocycles. The van der Waals surface area contributed by atoms with Crippen LogP contribution in [0.1, 0.15) is 27.0 Å². The van der Waals surface area contributed by atoms with Crippen LogP contribution >= 0.6 is 15.9 Å². The minimum absolute atomic E-state index is 0.178. The summed E-state index contributed by atoms with van der Waals surface area (Å²) in [6, 6.07) is 11.0. The summed E-state index contributed by atoms with van der Waals surface area (Å²) in [5.74, 6) is -0.176. The maximum absolute atomic E-state index is 12.0. The summed E-state index contributed by atoms with van der Waals surface area (Å²) in [6.07, 6.45) is 0. The zero-order valence-corrected chi connectivity index (χ0v) is 15.4. The lowest BCUT2D eigenvalue weighted by Crippen LogP contribution is -2.43. The summed E-state index contributed by atoms with van der Waals surface area (Å²) in [4.78, 5) is 23.8. The van der Waals surface area contributed by atoms with Crippen molar-refractivity contribution in [1.29, 1.82) is 0 Å². The highest BCUT2D eigenvalue weighted by atomic mass is 79.9. The second-order valence-corrected chi connectivity index (χ2v) is 6.38. The molecule has 0 saturated carbocycles. The Bertz CT molecular complexity index is 775. The van der Waals surface area contributed by atoms with Crippen LogP contribution in [-0.2, 0) is 4.79 Å². The van der Waals surface area contributed by atoms with Crippen molar-refractivity contribution >= 4 is 27.7 Å². The van der Waals surface area contributed by atoms with Crippen LogP contribution in [0.3, 0.4) is 0 Å². The molecule has 24 heavy (non-hydrogen) atoms. The molecule has 0 bridgehead atoms. The minimum atomic E-state index is -0.435. The van der Waals surface area contributed by atoms with E-state index in [0.29, 0.717) is 11.3 Å². The number of hydrazine groups is 1.